The molecule has 0 aromatic heterocycles. The van der Waals surface area contributed by atoms with E-state index in [0.717, 1.165) is 63.5 Å². The van der Waals surface area contributed by atoms with Crippen LogP contribution in [0.15, 0.2) is 6.07 Å². The Labute approximate surface area is 174 Å². The third kappa shape index (κ3) is 4.89. The van der Waals surface area contributed by atoms with Gasteiger partial charge in [-0.1, -0.05) is 11.5 Å². The molecule has 2 radical (unpaired) electrons. The van der Waals surface area contributed by atoms with Crippen LogP contribution < -0.4 is 21.3 Å². The largest absolute Gasteiger partial charge is 0.492 e. The normalized spacial score (nSPS) is 21.4. The average Bonchev–Trinajstić information content (AvgIpc) is 2.76. The molecular weight excluding hydrogens is 365 g/mol. The van der Waals surface area contributed by atoms with Gasteiger partial charge < -0.3 is 25.4 Å². The molecule has 0 bridgehead atoms. The van der Waals surface area contributed by atoms with Crippen molar-refractivity contribution in [2.75, 3.05) is 51.7 Å². The van der Waals surface area contributed by atoms with E-state index in [4.69, 9.17) is 23.1 Å². The predicted molar refractivity (Wildman–Crippen MR) is 115 cm³/mol. The maximum atomic E-state index is 12.8. The van der Waals surface area contributed by atoms with E-state index < -0.39 is 0 Å². The molecule has 1 aromatic rings. The summed E-state index contributed by atoms with van der Waals surface area (Å²) < 4.78 is 11.2. The number of likely N-dealkylation sites (tertiary alicyclic amines) is 1. The zero-order valence-electron chi connectivity index (χ0n) is 17.3. The predicted octanol–water partition coefficient (Wildman–Crippen LogP) is 1.26. The standard InChI is InChI=1S/C22H32BN3O3/c23-19-12-18(21-17(20(19)24)2-1-9-29-21)22(27)25-13-15-3-7-26(8-4-15)14-16-5-10-28-11-6-16/h12,15-16H,1-11,13-14,24H2,(H,25,27). The van der Waals surface area contributed by atoms with Crippen LogP contribution in [0.5, 0.6) is 5.75 Å². The maximum Gasteiger partial charge on any atom is 0.255 e. The monoisotopic (exact) mass is 397 g/mol. The Bertz CT molecular complexity index is 729. The van der Waals surface area contributed by atoms with Crippen LogP contribution in [0.4, 0.5) is 5.69 Å². The molecule has 1 amide bonds. The number of piperidine rings is 1. The van der Waals surface area contributed by atoms with E-state index in [1.54, 1.807) is 6.07 Å². The summed E-state index contributed by atoms with van der Waals surface area (Å²) in [6, 6.07) is 1.66. The van der Waals surface area contributed by atoms with Crippen molar-refractivity contribution in [1.29, 1.82) is 0 Å². The Morgan fingerprint density at radius 3 is 2.69 bits per heavy atom. The summed E-state index contributed by atoms with van der Waals surface area (Å²) in [6.45, 7) is 6.56. The van der Waals surface area contributed by atoms with Gasteiger partial charge in [0.1, 0.15) is 13.6 Å². The lowest BCUT2D eigenvalue weighted by Crippen LogP contribution is -2.41. The Kier molecular flexibility index (Phi) is 6.65. The van der Waals surface area contributed by atoms with Crippen molar-refractivity contribution in [1.82, 2.24) is 10.2 Å². The van der Waals surface area contributed by atoms with Gasteiger partial charge in [0.15, 0.2) is 0 Å². The molecule has 2 fully saturated rings. The SMILES string of the molecule is [B]c1cc(C(=O)NCC2CCN(CC3CCOCC3)CC2)c2c(c1N)CCCO2. The third-order valence-corrected chi connectivity index (χ3v) is 6.63. The summed E-state index contributed by atoms with van der Waals surface area (Å²) >= 11 is 0. The summed E-state index contributed by atoms with van der Waals surface area (Å²) in [5.41, 5.74) is 8.50. The average molecular weight is 397 g/mol. The van der Waals surface area contributed by atoms with Crippen LogP contribution in [0.2, 0.25) is 0 Å². The molecule has 0 saturated carbocycles. The van der Waals surface area contributed by atoms with Crippen molar-refractivity contribution in [3.8, 4) is 5.75 Å². The minimum Gasteiger partial charge on any atom is -0.492 e. The molecule has 3 aliphatic rings. The number of nitrogens with one attached hydrogen (secondary N) is 1. The number of ether oxygens (including phenoxy) is 2. The molecule has 1 aromatic carbocycles. The number of nitrogen functional groups attached to an aromatic ring is 1. The Morgan fingerprint density at radius 2 is 1.93 bits per heavy atom. The molecule has 29 heavy (non-hydrogen) atoms. The van der Waals surface area contributed by atoms with Crippen molar-refractivity contribution in [3.63, 3.8) is 0 Å². The summed E-state index contributed by atoms with van der Waals surface area (Å²) in [6.07, 6.45) is 6.33. The molecule has 0 atom stereocenters. The molecule has 3 aliphatic heterocycles. The van der Waals surface area contributed by atoms with Gasteiger partial charge in [-0.15, -0.1) is 0 Å². The summed E-state index contributed by atoms with van der Waals surface area (Å²) in [7, 11) is 6.04. The van der Waals surface area contributed by atoms with Crippen LogP contribution in [0.25, 0.3) is 0 Å². The summed E-state index contributed by atoms with van der Waals surface area (Å²) in [5, 5.41) is 3.11. The van der Waals surface area contributed by atoms with Crippen LogP contribution in [0, 0.1) is 11.8 Å². The number of rotatable bonds is 5. The van der Waals surface area contributed by atoms with E-state index in [1.165, 1.54) is 19.4 Å². The third-order valence-electron chi connectivity index (χ3n) is 6.63. The van der Waals surface area contributed by atoms with Crippen molar-refractivity contribution in [2.24, 2.45) is 11.8 Å². The first-order valence-corrected chi connectivity index (χ1v) is 11.0. The molecule has 7 heteroatoms. The van der Waals surface area contributed by atoms with E-state index >= 15 is 0 Å². The van der Waals surface area contributed by atoms with E-state index in [0.29, 0.717) is 41.5 Å². The number of carbonyl (C=O) groups excluding carboxylic acids is 1. The van der Waals surface area contributed by atoms with E-state index in [1.807, 2.05) is 0 Å². The first kappa shape index (κ1) is 20.5. The summed E-state index contributed by atoms with van der Waals surface area (Å²) in [4.78, 5) is 15.4. The molecular formula is C22H32BN3O3. The first-order valence-electron chi connectivity index (χ1n) is 11.0. The molecule has 0 spiro atoms. The fourth-order valence-corrected chi connectivity index (χ4v) is 4.76. The highest BCUT2D eigenvalue weighted by Gasteiger charge is 2.26. The molecule has 0 aliphatic carbocycles. The quantitative estimate of drug-likeness (QED) is 0.578. The molecule has 4 rings (SSSR count). The van der Waals surface area contributed by atoms with Gasteiger partial charge in [0.05, 0.1) is 12.2 Å². The molecule has 0 unspecified atom stereocenters. The fraction of sp³-hybridized carbons (Fsp3) is 0.682. The smallest absolute Gasteiger partial charge is 0.255 e. The number of fused-ring (bicyclic) bond motifs is 1. The molecule has 156 valence electrons. The van der Waals surface area contributed by atoms with E-state index in [2.05, 4.69) is 10.2 Å². The zero-order valence-corrected chi connectivity index (χ0v) is 17.3. The van der Waals surface area contributed by atoms with Crippen LogP contribution in [-0.2, 0) is 11.2 Å². The van der Waals surface area contributed by atoms with Crippen LogP contribution in [0.3, 0.4) is 0 Å². The Hall–Kier alpha value is -1.73. The minimum atomic E-state index is -0.112. The molecule has 2 saturated heterocycles. The Balaban J connectivity index is 1.28. The van der Waals surface area contributed by atoms with Crippen molar-refractivity contribution in [3.05, 3.63) is 17.2 Å². The van der Waals surface area contributed by atoms with Gasteiger partial charge in [-0.25, -0.2) is 0 Å². The second-order valence-corrected chi connectivity index (χ2v) is 8.70. The van der Waals surface area contributed by atoms with Crippen molar-refractivity contribution in [2.45, 2.75) is 38.5 Å². The number of amides is 1. The van der Waals surface area contributed by atoms with Gasteiger partial charge in [-0.2, -0.15) is 0 Å². The summed E-state index contributed by atoms with van der Waals surface area (Å²) in [5.74, 6) is 1.81. The van der Waals surface area contributed by atoms with Gasteiger partial charge in [0, 0.05) is 37.6 Å². The number of hydrogen-bond donors (Lipinski definition) is 2. The second kappa shape index (κ2) is 9.39. The van der Waals surface area contributed by atoms with Crippen LogP contribution >= 0.6 is 0 Å². The van der Waals surface area contributed by atoms with E-state index in [-0.39, 0.29) is 5.91 Å². The second-order valence-electron chi connectivity index (χ2n) is 8.70. The number of anilines is 1. The number of hydrogen-bond acceptors (Lipinski definition) is 5. The highest BCUT2D eigenvalue weighted by Crippen LogP contribution is 2.32. The number of nitrogens with two attached hydrogens (primary N) is 1. The zero-order chi connectivity index (χ0) is 20.2. The highest BCUT2D eigenvalue weighted by molar-refractivity contribution is 6.36. The van der Waals surface area contributed by atoms with Crippen molar-refractivity contribution >= 4 is 24.9 Å². The number of nitrogens with zero attached hydrogens (tertiary/aromatic N) is 1. The van der Waals surface area contributed by atoms with Gasteiger partial charge in [-0.3, -0.25) is 4.79 Å². The highest BCUT2D eigenvalue weighted by atomic mass is 16.5. The van der Waals surface area contributed by atoms with Crippen LogP contribution in [0.1, 0.15) is 48.0 Å². The van der Waals surface area contributed by atoms with Gasteiger partial charge in [0.25, 0.3) is 5.91 Å². The maximum absolute atomic E-state index is 12.8. The fourth-order valence-electron chi connectivity index (χ4n) is 4.76. The number of carbonyl (C=O) groups is 1. The molecule has 6 nitrogen and oxygen atoms in total. The van der Waals surface area contributed by atoms with Gasteiger partial charge in [0.2, 0.25) is 0 Å². The lowest BCUT2D eigenvalue weighted by atomic mass is 9.86. The lowest BCUT2D eigenvalue weighted by Gasteiger charge is -2.35. The van der Waals surface area contributed by atoms with E-state index in [9.17, 15) is 4.79 Å². The Morgan fingerprint density at radius 1 is 1.17 bits per heavy atom. The van der Waals surface area contributed by atoms with Gasteiger partial charge >= 0.3 is 0 Å². The molecule has 3 N–H and O–H groups in total. The van der Waals surface area contributed by atoms with Gasteiger partial charge in [-0.05, 0) is 63.5 Å². The molecule has 3 heterocycles. The lowest BCUT2D eigenvalue weighted by molar-refractivity contribution is 0.0467. The minimum absolute atomic E-state index is 0.112. The topological polar surface area (TPSA) is 76.8 Å². The first-order chi connectivity index (χ1) is 14.1. The van der Waals surface area contributed by atoms with Crippen molar-refractivity contribution < 1.29 is 14.3 Å². The van der Waals surface area contributed by atoms with Crippen LogP contribution in [-0.4, -0.2) is 64.7 Å². The number of benzene rings is 1.